The molecule has 0 spiro atoms. The van der Waals surface area contributed by atoms with Gasteiger partial charge in [-0.2, -0.15) is 5.10 Å². The van der Waals surface area contributed by atoms with E-state index in [1.165, 1.54) is 32.1 Å². The number of carbonyl (C=O) groups excluding carboxylic acids is 1. The Morgan fingerprint density at radius 2 is 2.05 bits per heavy atom. The molecular weight excluding hydrogens is 262 g/mol. The molecule has 0 radical (unpaired) electrons. The molecule has 1 N–H and O–H groups in total. The topological polar surface area (TPSA) is 49.0 Å². The number of likely N-dealkylation sites (tertiary alicyclic amines) is 1. The molecular formula is C17H21N3O. The van der Waals surface area contributed by atoms with E-state index in [-0.39, 0.29) is 5.91 Å². The van der Waals surface area contributed by atoms with E-state index < -0.39 is 0 Å². The van der Waals surface area contributed by atoms with Crippen molar-refractivity contribution >= 4 is 16.8 Å². The average Bonchev–Trinajstić information content (AvgIpc) is 3.23. The maximum absolute atomic E-state index is 13.0. The quantitative estimate of drug-likeness (QED) is 0.918. The fourth-order valence-electron chi connectivity index (χ4n) is 4.19. The second-order valence-electron chi connectivity index (χ2n) is 6.39. The van der Waals surface area contributed by atoms with Gasteiger partial charge in [0.15, 0.2) is 0 Å². The van der Waals surface area contributed by atoms with Gasteiger partial charge in [0.2, 0.25) is 0 Å². The summed E-state index contributed by atoms with van der Waals surface area (Å²) in [5, 5.41) is 7.97. The maximum atomic E-state index is 13.0. The smallest absolute Gasteiger partial charge is 0.254 e. The molecule has 110 valence electrons. The van der Waals surface area contributed by atoms with Gasteiger partial charge in [0, 0.05) is 18.0 Å². The lowest BCUT2D eigenvalue weighted by atomic mass is 9.95. The highest BCUT2D eigenvalue weighted by Crippen LogP contribution is 2.36. The SMILES string of the molecule is O=C(c1cccc2[nH]ncc12)N1CCC[C@H]1C1CCCC1. The number of H-pyrrole nitrogens is 1. The molecule has 2 fully saturated rings. The van der Waals surface area contributed by atoms with Crippen molar-refractivity contribution in [3.63, 3.8) is 0 Å². The highest BCUT2D eigenvalue weighted by Gasteiger charge is 2.36. The van der Waals surface area contributed by atoms with E-state index in [1.54, 1.807) is 6.20 Å². The van der Waals surface area contributed by atoms with Crippen molar-refractivity contribution in [2.75, 3.05) is 6.54 Å². The summed E-state index contributed by atoms with van der Waals surface area (Å²) in [5.74, 6) is 0.913. The molecule has 1 saturated heterocycles. The summed E-state index contributed by atoms with van der Waals surface area (Å²) in [5.41, 5.74) is 1.74. The summed E-state index contributed by atoms with van der Waals surface area (Å²) >= 11 is 0. The van der Waals surface area contributed by atoms with Crippen LogP contribution in [0.25, 0.3) is 10.9 Å². The second kappa shape index (κ2) is 5.17. The monoisotopic (exact) mass is 283 g/mol. The van der Waals surface area contributed by atoms with Gasteiger partial charge < -0.3 is 4.90 Å². The first kappa shape index (κ1) is 12.9. The Morgan fingerprint density at radius 1 is 1.19 bits per heavy atom. The normalized spacial score (nSPS) is 23.2. The molecule has 1 saturated carbocycles. The molecule has 4 rings (SSSR count). The molecule has 2 aromatic rings. The van der Waals surface area contributed by atoms with Gasteiger partial charge in [-0.15, -0.1) is 0 Å². The molecule has 2 heterocycles. The third-order valence-corrected chi connectivity index (χ3v) is 5.22. The minimum Gasteiger partial charge on any atom is -0.335 e. The summed E-state index contributed by atoms with van der Waals surface area (Å²) in [4.78, 5) is 15.1. The third kappa shape index (κ3) is 2.13. The number of carbonyl (C=O) groups is 1. The van der Waals surface area contributed by atoms with Crippen LogP contribution in [0, 0.1) is 5.92 Å². The van der Waals surface area contributed by atoms with Crippen LogP contribution in [0.15, 0.2) is 24.4 Å². The zero-order chi connectivity index (χ0) is 14.2. The van der Waals surface area contributed by atoms with Gasteiger partial charge in [0.1, 0.15) is 0 Å². The van der Waals surface area contributed by atoms with Crippen LogP contribution in [-0.2, 0) is 0 Å². The molecule has 1 aliphatic heterocycles. The minimum absolute atomic E-state index is 0.191. The molecule has 1 amide bonds. The number of nitrogens with one attached hydrogen (secondary N) is 1. The highest BCUT2D eigenvalue weighted by atomic mass is 16.2. The van der Waals surface area contributed by atoms with Crippen molar-refractivity contribution in [1.29, 1.82) is 0 Å². The zero-order valence-electron chi connectivity index (χ0n) is 12.2. The van der Waals surface area contributed by atoms with Crippen LogP contribution in [0.2, 0.25) is 0 Å². The Balaban J connectivity index is 1.65. The Labute approximate surface area is 124 Å². The van der Waals surface area contributed by atoms with Crippen molar-refractivity contribution in [3.05, 3.63) is 30.0 Å². The first-order chi connectivity index (χ1) is 10.3. The Hall–Kier alpha value is -1.84. The average molecular weight is 283 g/mol. The Morgan fingerprint density at radius 3 is 2.90 bits per heavy atom. The van der Waals surface area contributed by atoms with Gasteiger partial charge in [-0.3, -0.25) is 9.89 Å². The predicted octanol–water partition coefficient (Wildman–Crippen LogP) is 3.36. The van der Waals surface area contributed by atoms with Crippen molar-refractivity contribution in [2.45, 2.75) is 44.6 Å². The summed E-state index contributed by atoms with van der Waals surface area (Å²) in [6, 6.07) is 6.30. The van der Waals surface area contributed by atoms with Crippen molar-refractivity contribution in [3.8, 4) is 0 Å². The van der Waals surface area contributed by atoms with E-state index in [2.05, 4.69) is 15.1 Å². The summed E-state index contributed by atoms with van der Waals surface area (Å²) < 4.78 is 0. The number of aromatic nitrogens is 2. The fourth-order valence-corrected chi connectivity index (χ4v) is 4.19. The first-order valence-electron chi connectivity index (χ1n) is 8.07. The van der Waals surface area contributed by atoms with Crippen LogP contribution in [0.3, 0.4) is 0 Å². The van der Waals surface area contributed by atoms with Gasteiger partial charge >= 0.3 is 0 Å². The zero-order valence-corrected chi connectivity index (χ0v) is 12.2. The second-order valence-corrected chi connectivity index (χ2v) is 6.39. The van der Waals surface area contributed by atoms with Gasteiger partial charge in [-0.05, 0) is 43.7 Å². The number of benzene rings is 1. The van der Waals surface area contributed by atoms with Crippen LogP contribution >= 0.6 is 0 Å². The number of rotatable bonds is 2. The predicted molar refractivity (Wildman–Crippen MR) is 82.1 cm³/mol. The summed E-state index contributed by atoms with van der Waals surface area (Å²) in [6.07, 6.45) is 9.35. The minimum atomic E-state index is 0.191. The van der Waals surface area contributed by atoms with Crippen LogP contribution in [0.1, 0.15) is 48.9 Å². The number of fused-ring (bicyclic) bond motifs is 1. The molecule has 0 bridgehead atoms. The lowest BCUT2D eigenvalue weighted by Crippen LogP contribution is -2.39. The van der Waals surface area contributed by atoms with E-state index >= 15 is 0 Å². The van der Waals surface area contributed by atoms with Gasteiger partial charge in [0.25, 0.3) is 5.91 Å². The molecule has 4 heteroatoms. The van der Waals surface area contributed by atoms with Crippen LogP contribution < -0.4 is 0 Å². The molecule has 21 heavy (non-hydrogen) atoms. The Bertz CT molecular complexity index is 657. The van der Waals surface area contributed by atoms with E-state index in [4.69, 9.17) is 0 Å². The number of hydrogen-bond acceptors (Lipinski definition) is 2. The largest absolute Gasteiger partial charge is 0.335 e. The van der Waals surface area contributed by atoms with Crippen LogP contribution in [-0.4, -0.2) is 33.6 Å². The lowest BCUT2D eigenvalue weighted by molar-refractivity contribution is 0.0691. The van der Waals surface area contributed by atoms with Crippen molar-refractivity contribution < 1.29 is 4.79 Å². The van der Waals surface area contributed by atoms with Gasteiger partial charge in [0.05, 0.1) is 17.3 Å². The highest BCUT2D eigenvalue weighted by molar-refractivity contribution is 6.06. The molecule has 1 aromatic heterocycles. The molecule has 2 aliphatic rings. The molecule has 1 aliphatic carbocycles. The fraction of sp³-hybridized carbons (Fsp3) is 0.529. The van der Waals surface area contributed by atoms with Crippen LogP contribution in [0.4, 0.5) is 0 Å². The number of amides is 1. The molecule has 1 aromatic carbocycles. The third-order valence-electron chi connectivity index (χ3n) is 5.22. The molecule has 0 unspecified atom stereocenters. The number of aromatic amines is 1. The van der Waals surface area contributed by atoms with Crippen molar-refractivity contribution in [1.82, 2.24) is 15.1 Å². The number of nitrogens with zero attached hydrogens (tertiary/aromatic N) is 2. The standard InChI is InChI=1S/C17H21N3O/c21-17(13-7-3-8-15-14(13)11-18-19-15)20-10-4-9-16(20)12-5-1-2-6-12/h3,7-8,11-12,16H,1-2,4-6,9-10H2,(H,18,19)/t16-/m0/s1. The van der Waals surface area contributed by atoms with E-state index in [9.17, 15) is 4.79 Å². The van der Waals surface area contributed by atoms with E-state index in [1.807, 2.05) is 18.2 Å². The Kier molecular flexibility index (Phi) is 3.17. The lowest BCUT2D eigenvalue weighted by Gasteiger charge is -2.29. The van der Waals surface area contributed by atoms with E-state index in [0.717, 1.165) is 35.3 Å². The summed E-state index contributed by atoms with van der Waals surface area (Å²) in [7, 11) is 0. The molecule has 4 nitrogen and oxygen atoms in total. The van der Waals surface area contributed by atoms with E-state index in [0.29, 0.717) is 6.04 Å². The summed E-state index contributed by atoms with van der Waals surface area (Å²) in [6.45, 7) is 0.911. The first-order valence-corrected chi connectivity index (χ1v) is 8.07. The molecule has 1 atom stereocenters. The van der Waals surface area contributed by atoms with Gasteiger partial charge in [-0.1, -0.05) is 18.9 Å². The maximum Gasteiger partial charge on any atom is 0.254 e. The van der Waals surface area contributed by atoms with Gasteiger partial charge in [-0.25, -0.2) is 0 Å². The van der Waals surface area contributed by atoms with Crippen molar-refractivity contribution in [2.24, 2.45) is 5.92 Å². The number of hydrogen-bond donors (Lipinski definition) is 1. The van der Waals surface area contributed by atoms with Crippen LogP contribution in [0.5, 0.6) is 0 Å².